The second-order valence-corrected chi connectivity index (χ2v) is 4.49. The Hall–Kier alpha value is -1.82. The number of rotatable bonds is 4. The number of nitro groups is 1. The van der Waals surface area contributed by atoms with Gasteiger partial charge in [-0.05, 0) is 25.3 Å². The molecule has 1 aromatic rings. The summed E-state index contributed by atoms with van der Waals surface area (Å²) in [6.45, 7) is 0. The SMILES string of the molecule is COc1ccc([N+](=O)[O-])c(NC2CCCC2N)c1. The van der Waals surface area contributed by atoms with E-state index in [0.29, 0.717) is 11.4 Å². The molecular formula is C12H17N3O3. The van der Waals surface area contributed by atoms with Gasteiger partial charge in [0.1, 0.15) is 11.4 Å². The highest BCUT2D eigenvalue weighted by molar-refractivity contribution is 5.64. The van der Waals surface area contributed by atoms with Gasteiger partial charge in [0.05, 0.1) is 12.0 Å². The number of benzene rings is 1. The maximum atomic E-state index is 11.0. The first-order chi connectivity index (χ1) is 8.61. The van der Waals surface area contributed by atoms with E-state index in [1.54, 1.807) is 12.1 Å². The molecule has 18 heavy (non-hydrogen) atoms. The molecule has 0 aliphatic heterocycles. The predicted molar refractivity (Wildman–Crippen MR) is 68.9 cm³/mol. The molecule has 98 valence electrons. The first-order valence-corrected chi connectivity index (χ1v) is 5.96. The summed E-state index contributed by atoms with van der Waals surface area (Å²) in [7, 11) is 1.53. The fourth-order valence-electron chi connectivity index (χ4n) is 2.28. The third-order valence-corrected chi connectivity index (χ3v) is 3.31. The number of methoxy groups -OCH3 is 1. The number of anilines is 1. The molecule has 0 aromatic heterocycles. The lowest BCUT2D eigenvalue weighted by molar-refractivity contribution is -0.384. The molecule has 1 aromatic carbocycles. The van der Waals surface area contributed by atoms with Gasteiger partial charge in [-0.3, -0.25) is 10.1 Å². The van der Waals surface area contributed by atoms with Crippen molar-refractivity contribution in [1.82, 2.24) is 0 Å². The molecule has 2 atom stereocenters. The highest BCUT2D eigenvalue weighted by Gasteiger charge is 2.26. The van der Waals surface area contributed by atoms with Crippen molar-refractivity contribution in [2.45, 2.75) is 31.3 Å². The minimum atomic E-state index is -0.401. The summed E-state index contributed by atoms with van der Waals surface area (Å²) in [5.41, 5.74) is 6.48. The van der Waals surface area contributed by atoms with Gasteiger partial charge in [0, 0.05) is 24.2 Å². The molecular weight excluding hydrogens is 234 g/mol. The van der Waals surface area contributed by atoms with Gasteiger partial charge in [-0.2, -0.15) is 0 Å². The summed E-state index contributed by atoms with van der Waals surface area (Å²) in [5, 5.41) is 14.1. The minimum Gasteiger partial charge on any atom is -0.497 e. The van der Waals surface area contributed by atoms with E-state index in [1.165, 1.54) is 13.2 Å². The number of nitrogens with one attached hydrogen (secondary N) is 1. The summed E-state index contributed by atoms with van der Waals surface area (Å²) >= 11 is 0. The maximum absolute atomic E-state index is 11.0. The zero-order chi connectivity index (χ0) is 13.1. The lowest BCUT2D eigenvalue weighted by Gasteiger charge is -2.18. The summed E-state index contributed by atoms with van der Waals surface area (Å²) in [6.07, 6.45) is 2.95. The van der Waals surface area contributed by atoms with Gasteiger partial charge in [0.15, 0.2) is 0 Å². The smallest absolute Gasteiger partial charge is 0.292 e. The van der Waals surface area contributed by atoms with Gasteiger partial charge in [0.2, 0.25) is 0 Å². The summed E-state index contributed by atoms with van der Waals surface area (Å²) in [6, 6.07) is 4.81. The van der Waals surface area contributed by atoms with E-state index in [9.17, 15) is 10.1 Å². The number of hydrogen-bond acceptors (Lipinski definition) is 5. The predicted octanol–water partition coefficient (Wildman–Crippen LogP) is 1.90. The van der Waals surface area contributed by atoms with Crippen LogP contribution in [0.3, 0.4) is 0 Å². The van der Waals surface area contributed by atoms with Crippen LogP contribution in [0.25, 0.3) is 0 Å². The fraction of sp³-hybridized carbons (Fsp3) is 0.500. The maximum Gasteiger partial charge on any atom is 0.292 e. The van der Waals surface area contributed by atoms with Crippen LogP contribution in [0.1, 0.15) is 19.3 Å². The number of nitrogens with two attached hydrogens (primary N) is 1. The van der Waals surface area contributed by atoms with Crippen LogP contribution in [0.4, 0.5) is 11.4 Å². The normalized spacial score (nSPS) is 22.8. The van der Waals surface area contributed by atoms with Crippen molar-refractivity contribution in [2.75, 3.05) is 12.4 Å². The number of hydrogen-bond donors (Lipinski definition) is 2. The Morgan fingerprint density at radius 2 is 2.28 bits per heavy atom. The van der Waals surface area contributed by atoms with Crippen LogP contribution in [-0.4, -0.2) is 24.1 Å². The summed E-state index contributed by atoms with van der Waals surface area (Å²) in [5.74, 6) is 0.592. The van der Waals surface area contributed by atoms with Crippen LogP contribution in [0.15, 0.2) is 18.2 Å². The Kier molecular flexibility index (Phi) is 3.66. The van der Waals surface area contributed by atoms with Crippen LogP contribution >= 0.6 is 0 Å². The molecule has 0 radical (unpaired) electrons. The molecule has 0 amide bonds. The van der Waals surface area contributed by atoms with E-state index in [2.05, 4.69) is 5.32 Å². The largest absolute Gasteiger partial charge is 0.497 e. The Morgan fingerprint density at radius 3 is 2.83 bits per heavy atom. The van der Waals surface area contributed by atoms with Gasteiger partial charge in [-0.25, -0.2) is 0 Å². The van der Waals surface area contributed by atoms with E-state index < -0.39 is 4.92 Å². The molecule has 2 unspecified atom stereocenters. The molecule has 1 fully saturated rings. The standard InChI is InChI=1S/C12H17N3O3/c1-18-8-5-6-12(15(16)17)11(7-8)14-10-4-2-3-9(10)13/h5-7,9-10,14H,2-4,13H2,1H3. The van der Waals surface area contributed by atoms with Crippen molar-refractivity contribution in [3.63, 3.8) is 0 Å². The van der Waals surface area contributed by atoms with Crippen LogP contribution in [0.5, 0.6) is 5.75 Å². The minimum absolute atomic E-state index is 0.0508. The second kappa shape index (κ2) is 5.22. The van der Waals surface area contributed by atoms with Gasteiger partial charge >= 0.3 is 0 Å². The van der Waals surface area contributed by atoms with Crippen LogP contribution in [0.2, 0.25) is 0 Å². The molecule has 3 N–H and O–H groups in total. The molecule has 1 saturated carbocycles. The number of nitro benzene ring substituents is 1. The number of nitrogens with zero attached hydrogens (tertiary/aromatic N) is 1. The molecule has 0 bridgehead atoms. The Bertz CT molecular complexity index is 450. The van der Waals surface area contributed by atoms with Gasteiger partial charge in [0.25, 0.3) is 5.69 Å². The lowest BCUT2D eigenvalue weighted by atomic mass is 10.1. The molecule has 0 heterocycles. The molecule has 1 aliphatic rings. The molecule has 0 spiro atoms. The van der Waals surface area contributed by atoms with Gasteiger partial charge in [-0.15, -0.1) is 0 Å². The zero-order valence-electron chi connectivity index (χ0n) is 10.3. The third kappa shape index (κ3) is 2.53. The molecule has 2 rings (SSSR count). The first kappa shape index (κ1) is 12.6. The molecule has 6 heteroatoms. The topological polar surface area (TPSA) is 90.4 Å². The van der Waals surface area contributed by atoms with E-state index in [0.717, 1.165) is 19.3 Å². The lowest BCUT2D eigenvalue weighted by Crippen LogP contribution is -2.35. The van der Waals surface area contributed by atoms with Gasteiger partial charge in [-0.1, -0.05) is 0 Å². The van der Waals surface area contributed by atoms with Crippen molar-refractivity contribution in [1.29, 1.82) is 0 Å². The van der Waals surface area contributed by atoms with Gasteiger partial charge < -0.3 is 15.8 Å². The zero-order valence-corrected chi connectivity index (χ0v) is 10.3. The van der Waals surface area contributed by atoms with Crippen molar-refractivity contribution in [3.8, 4) is 5.75 Å². The van der Waals surface area contributed by atoms with Crippen molar-refractivity contribution in [3.05, 3.63) is 28.3 Å². The second-order valence-electron chi connectivity index (χ2n) is 4.49. The number of ether oxygens (including phenoxy) is 1. The average molecular weight is 251 g/mol. The highest BCUT2D eigenvalue weighted by atomic mass is 16.6. The van der Waals surface area contributed by atoms with Crippen molar-refractivity contribution in [2.24, 2.45) is 5.73 Å². The van der Waals surface area contributed by atoms with E-state index in [1.807, 2.05) is 0 Å². The van der Waals surface area contributed by atoms with Crippen LogP contribution < -0.4 is 15.8 Å². The van der Waals surface area contributed by atoms with Crippen molar-refractivity contribution >= 4 is 11.4 Å². The van der Waals surface area contributed by atoms with Crippen LogP contribution in [0, 0.1) is 10.1 Å². The monoisotopic (exact) mass is 251 g/mol. The van der Waals surface area contributed by atoms with E-state index in [-0.39, 0.29) is 17.8 Å². The third-order valence-electron chi connectivity index (χ3n) is 3.31. The highest BCUT2D eigenvalue weighted by Crippen LogP contribution is 2.31. The Labute approximate surface area is 105 Å². The molecule has 1 aliphatic carbocycles. The fourth-order valence-corrected chi connectivity index (χ4v) is 2.28. The van der Waals surface area contributed by atoms with Crippen LogP contribution in [-0.2, 0) is 0 Å². The summed E-state index contributed by atoms with van der Waals surface area (Å²) < 4.78 is 5.09. The van der Waals surface area contributed by atoms with E-state index in [4.69, 9.17) is 10.5 Å². The molecule has 6 nitrogen and oxygen atoms in total. The Morgan fingerprint density at radius 1 is 1.50 bits per heavy atom. The average Bonchev–Trinajstić information content (AvgIpc) is 2.74. The first-order valence-electron chi connectivity index (χ1n) is 5.96. The quantitative estimate of drug-likeness (QED) is 0.630. The Balaban J connectivity index is 2.25. The van der Waals surface area contributed by atoms with E-state index >= 15 is 0 Å². The molecule has 0 saturated heterocycles. The summed E-state index contributed by atoms with van der Waals surface area (Å²) in [4.78, 5) is 10.6. The van der Waals surface area contributed by atoms with Crippen molar-refractivity contribution < 1.29 is 9.66 Å².